The zero-order valence-electron chi connectivity index (χ0n) is 26.3. The number of benzene rings is 2. The molecule has 2 aromatic rings. The number of carbonyl (C=O) groups excluding carboxylic acids is 2. The van der Waals surface area contributed by atoms with Gasteiger partial charge in [-0.15, -0.1) is 0 Å². The molecule has 224 valence electrons. The van der Waals surface area contributed by atoms with Gasteiger partial charge in [-0.2, -0.15) is 0 Å². The quantitative estimate of drug-likeness (QED) is 0.129. The maximum absolute atomic E-state index is 11.9. The molecule has 0 N–H and O–H groups in total. The van der Waals surface area contributed by atoms with E-state index in [0.29, 0.717) is 0 Å². The fraction of sp³-hybridized carbons (Fsp3) is 0.316. The minimum atomic E-state index is -0.635. The average Bonchev–Trinajstić information content (AvgIpc) is 2.96. The largest absolute Gasteiger partial charge is 0.452 e. The summed E-state index contributed by atoms with van der Waals surface area (Å²) in [6, 6.07) is 19.3. The molecular formula is C38H48O4. The molecule has 2 unspecified atom stereocenters. The van der Waals surface area contributed by atoms with Crippen molar-refractivity contribution in [3.63, 3.8) is 0 Å². The van der Waals surface area contributed by atoms with Crippen molar-refractivity contribution in [3.8, 4) is 0 Å². The van der Waals surface area contributed by atoms with Crippen LogP contribution in [0.5, 0.6) is 0 Å². The zero-order valence-corrected chi connectivity index (χ0v) is 26.3. The number of allylic oxidation sites excluding steroid dienone is 4. The summed E-state index contributed by atoms with van der Waals surface area (Å²) >= 11 is 0. The first-order valence-corrected chi connectivity index (χ1v) is 14.4. The van der Waals surface area contributed by atoms with E-state index in [1.54, 1.807) is 24.3 Å². The van der Waals surface area contributed by atoms with Gasteiger partial charge in [-0.05, 0) is 103 Å². The molecule has 0 spiro atoms. The van der Waals surface area contributed by atoms with E-state index >= 15 is 0 Å². The van der Waals surface area contributed by atoms with E-state index in [0.717, 1.165) is 36.8 Å². The molecule has 0 aliphatic carbocycles. The second-order valence-electron chi connectivity index (χ2n) is 11.0. The molecule has 0 saturated carbocycles. The van der Waals surface area contributed by atoms with Crippen LogP contribution in [-0.4, -0.2) is 23.1 Å². The highest BCUT2D eigenvalue weighted by atomic mass is 16.6. The minimum absolute atomic E-state index is 0.349. The molecule has 0 bridgehead atoms. The molecule has 0 amide bonds. The predicted molar refractivity (Wildman–Crippen MR) is 178 cm³/mol. The molecule has 0 heterocycles. The summed E-state index contributed by atoms with van der Waals surface area (Å²) in [5, 5.41) is 0. The second kappa shape index (κ2) is 19.0. The topological polar surface area (TPSA) is 52.6 Å². The summed E-state index contributed by atoms with van der Waals surface area (Å²) in [7, 11) is 0. The Bertz CT molecular complexity index is 1140. The monoisotopic (exact) mass is 568 g/mol. The van der Waals surface area contributed by atoms with Gasteiger partial charge < -0.3 is 9.47 Å². The lowest BCUT2D eigenvalue weighted by molar-refractivity contribution is -0.148. The lowest BCUT2D eigenvalue weighted by atomic mass is 9.99. The standard InChI is InChI=1S/2C19H24O2/c2*1-5-19(4,15-9-10-16(2)3)21-18(20)14-13-17-11-7-6-8-12-17/h2*5-8,10-14H,1,9,15H2,2-4H3/b14-13+;. The molecule has 0 aliphatic rings. The molecule has 0 radical (unpaired) electrons. The lowest BCUT2D eigenvalue weighted by Gasteiger charge is -2.25. The maximum Gasteiger partial charge on any atom is 0.331 e. The Morgan fingerprint density at radius 3 is 1.26 bits per heavy atom. The third-order valence-corrected chi connectivity index (χ3v) is 6.34. The average molecular weight is 569 g/mol. The van der Waals surface area contributed by atoms with Crippen LogP contribution in [0.4, 0.5) is 0 Å². The van der Waals surface area contributed by atoms with Crippen molar-refractivity contribution in [1.29, 1.82) is 0 Å². The highest BCUT2D eigenvalue weighted by Gasteiger charge is 2.24. The Morgan fingerprint density at radius 2 is 0.976 bits per heavy atom. The van der Waals surface area contributed by atoms with Crippen LogP contribution in [0.1, 0.15) is 78.4 Å². The molecule has 4 heteroatoms. The van der Waals surface area contributed by atoms with Crippen LogP contribution >= 0.6 is 0 Å². The van der Waals surface area contributed by atoms with Gasteiger partial charge in [0.2, 0.25) is 0 Å². The third kappa shape index (κ3) is 16.2. The summed E-state index contributed by atoms with van der Waals surface area (Å²) in [6.45, 7) is 19.5. The molecular weight excluding hydrogens is 520 g/mol. The third-order valence-electron chi connectivity index (χ3n) is 6.34. The van der Waals surface area contributed by atoms with Crippen molar-refractivity contribution in [3.05, 3.63) is 133 Å². The van der Waals surface area contributed by atoms with Crippen molar-refractivity contribution >= 4 is 24.1 Å². The van der Waals surface area contributed by atoms with Crippen LogP contribution in [0.3, 0.4) is 0 Å². The Labute approximate surface area is 253 Å². The van der Waals surface area contributed by atoms with E-state index in [1.807, 2.05) is 74.5 Å². The van der Waals surface area contributed by atoms with Crippen LogP contribution in [-0.2, 0) is 19.1 Å². The van der Waals surface area contributed by atoms with E-state index in [-0.39, 0.29) is 11.9 Å². The van der Waals surface area contributed by atoms with Gasteiger partial charge in [0, 0.05) is 12.2 Å². The van der Waals surface area contributed by atoms with Crippen LogP contribution in [0.25, 0.3) is 12.2 Å². The normalized spacial score (nSPS) is 13.5. The van der Waals surface area contributed by atoms with Gasteiger partial charge in [0.1, 0.15) is 11.2 Å². The first kappa shape index (κ1) is 35.8. The van der Waals surface area contributed by atoms with Crippen molar-refractivity contribution in [1.82, 2.24) is 0 Å². The van der Waals surface area contributed by atoms with Gasteiger partial charge in [0.15, 0.2) is 0 Å². The minimum Gasteiger partial charge on any atom is -0.452 e. The zero-order chi connectivity index (χ0) is 31.4. The molecule has 0 saturated heterocycles. The maximum atomic E-state index is 11.9. The molecule has 0 aliphatic heterocycles. The van der Waals surface area contributed by atoms with Crippen LogP contribution < -0.4 is 0 Å². The number of hydrogen-bond acceptors (Lipinski definition) is 4. The number of esters is 2. The summed E-state index contributed by atoms with van der Waals surface area (Å²) in [5.74, 6) is -0.697. The van der Waals surface area contributed by atoms with E-state index in [2.05, 4.69) is 53.0 Å². The number of ether oxygens (including phenoxy) is 2. The SMILES string of the molecule is C=CC(C)(CCC=C(C)C)OC(=O)/C=C/c1ccccc1.C=CC(C)(CCC=C(C)C)OC(=O)C=Cc1ccccc1. The van der Waals surface area contributed by atoms with E-state index in [4.69, 9.17) is 9.47 Å². The number of carbonyl (C=O) groups is 2. The molecule has 42 heavy (non-hydrogen) atoms. The number of hydrogen-bond donors (Lipinski definition) is 0. The lowest BCUT2D eigenvalue weighted by Crippen LogP contribution is -2.28. The fourth-order valence-electron chi connectivity index (χ4n) is 3.67. The van der Waals surface area contributed by atoms with E-state index in [9.17, 15) is 9.59 Å². The fourth-order valence-corrected chi connectivity index (χ4v) is 3.67. The molecule has 2 aromatic carbocycles. The van der Waals surface area contributed by atoms with Gasteiger partial charge in [-0.25, -0.2) is 9.59 Å². The second-order valence-corrected chi connectivity index (χ2v) is 11.0. The van der Waals surface area contributed by atoms with Crippen molar-refractivity contribution < 1.29 is 19.1 Å². The van der Waals surface area contributed by atoms with Crippen LogP contribution in [0.15, 0.2) is 121 Å². The number of rotatable bonds is 14. The Balaban J connectivity index is 0.000000420. The first-order chi connectivity index (χ1) is 19.9. The van der Waals surface area contributed by atoms with Crippen molar-refractivity contribution in [2.24, 2.45) is 0 Å². The predicted octanol–water partition coefficient (Wildman–Crippen LogP) is 9.87. The summed E-state index contributed by atoms with van der Waals surface area (Å²) in [4.78, 5) is 23.8. The summed E-state index contributed by atoms with van der Waals surface area (Å²) < 4.78 is 11.0. The van der Waals surface area contributed by atoms with Crippen molar-refractivity contribution in [2.75, 3.05) is 0 Å². The first-order valence-electron chi connectivity index (χ1n) is 14.4. The molecule has 0 aromatic heterocycles. The highest BCUT2D eigenvalue weighted by Crippen LogP contribution is 2.21. The van der Waals surface area contributed by atoms with Gasteiger partial charge in [-0.1, -0.05) is 97.1 Å². The van der Waals surface area contributed by atoms with Gasteiger partial charge in [0.05, 0.1) is 0 Å². The summed E-state index contributed by atoms with van der Waals surface area (Å²) in [6.07, 6.45) is 17.3. The van der Waals surface area contributed by atoms with E-state index in [1.165, 1.54) is 23.3 Å². The van der Waals surface area contributed by atoms with Crippen LogP contribution in [0.2, 0.25) is 0 Å². The molecule has 2 atom stereocenters. The highest BCUT2D eigenvalue weighted by molar-refractivity contribution is 5.88. The van der Waals surface area contributed by atoms with Gasteiger partial charge in [-0.3, -0.25) is 0 Å². The van der Waals surface area contributed by atoms with E-state index < -0.39 is 11.2 Å². The molecule has 0 fully saturated rings. The Hall–Kier alpha value is -4.18. The molecule has 2 rings (SSSR count). The van der Waals surface area contributed by atoms with Gasteiger partial charge >= 0.3 is 11.9 Å². The smallest absolute Gasteiger partial charge is 0.331 e. The Morgan fingerprint density at radius 1 is 0.643 bits per heavy atom. The Kier molecular flexibility index (Phi) is 16.2. The van der Waals surface area contributed by atoms with Crippen LogP contribution in [0, 0.1) is 0 Å². The van der Waals surface area contributed by atoms with Gasteiger partial charge in [0.25, 0.3) is 0 Å². The van der Waals surface area contributed by atoms with Crippen molar-refractivity contribution in [2.45, 2.75) is 78.4 Å². The molecule has 4 nitrogen and oxygen atoms in total. The summed E-state index contributed by atoms with van der Waals surface area (Å²) in [5.41, 5.74) is 3.20.